The van der Waals surface area contributed by atoms with E-state index < -0.39 is 17.5 Å². The van der Waals surface area contributed by atoms with Gasteiger partial charge in [0.05, 0.1) is 0 Å². The van der Waals surface area contributed by atoms with E-state index in [1.54, 1.807) is 25.1 Å². The molecule has 1 aliphatic carbocycles. The molecule has 0 heterocycles. The predicted octanol–water partition coefficient (Wildman–Crippen LogP) is 2.80. The molecule has 0 aliphatic heterocycles. The van der Waals surface area contributed by atoms with Crippen LogP contribution < -0.4 is 4.74 Å². The summed E-state index contributed by atoms with van der Waals surface area (Å²) in [7, 11) is 0. The molecular formula is C14H18O4. The Labute approximate surface area is 106 Å². The highest BCUT2D eigenvalue weighted by molar-refractivity contribution is 5.75. The molecule has 0 amide bonds. The van der Waals surface area contributed by atoms with Crippen LogP contribution in [-0.4, -0.2) is 22.3 Å². The number of carboxylic acid groups (broad SMARTS) is 1. The summed E-state index contributed by atoms with van der Waals surface area (Å²) in [5, 5.41) is 19.1. The van der Waals surface area contributed by atoms with E-state index in [1.165, 1.54) is 6.07 Å². The molecule has 0 saturated heterocycles. The highest BCUT2D eigenvalue weighted by atomic mass is 16.5. The lowest BCUT2D eigenvalue weighted by Crippen LogP contribution is -2.45. The number of hydrogen-bond donors (Lipinski definition) is 2. The zero-order valence-corrected chi connectivity index (χ0v) is 10.4. The van der Waals surface area contributed by atoms with Gasteiger partial charge in [-0.2, -0.15) is 0 Å². The van der Waals surface area contributed by atoms with Crippen molar-refractivity contribution >= 4 is 5.97 Å². The van der Waals surface area contributed by atoms with Gasteiger partial charge in [0.15, 0.2) is 11.5 Å². The van der Waals surface area contributed by atoms with Crippen molar-refractivity contribution in [3.8, 4) is 11.5 Å². The molecule has 1 fully saturated rings. The number of phenolic OH excluding ortho intramolecular Hbond substituents is 1. The number of ether oxygens (including phenoxy) is 1. The number of rotatable bonds is 3. The fourth-order valence-corrected chi connectivity index (χ4v) is 2.45. The zero-order chi connectivity index (χ0) is 13.2. The maximum absolute atomic E-state index is 11.4. The van der Waals surface area contributed by atoms with Crippen LogP contribution in [0.5, 0.6) is 11.5 Å². The third kappa shape index (κ3) is 2.28. The molecule has 0 aromatic heterocycles. The van der Waals surface area contributed by atoms with Gasteiger partial charge >= 0.3 is 5.97 Å². The Morgan fingerprint density at radius 3 is 2.78 bits per heavy atom. The largest absolute Gasteiger partial charge is 0.504 e. The van der Waals surface area contributed by atoms with Crippen LogP contribution in [0.15, 0.2) is 24.3 Å². The Bertz CT molecular complexity index is 443. The van der Waals surface area contributed by atoms with Crippen LogP contribution in [0, 0.1) is 5.41 Å². The number of aromatic hydroxyl groups is 1. The summed E-state index contributed by atoms with van der Waals surface area (Å²) >= 11 is 0. The Kier molecular flexibility index (Phi) is 3.45. The minimum atomic E-state index is -0.874. The van der Waals surface area contributed by atoms with Crippen molar-refractivity contribution in [3.63, 3.8) is 0 Å². The van der Waals surface area contributed by atoms with Gasteiger partial charge in [-0.25, -0.2) is 0 Å². The van der Waals surface area contributed by atoms with Crippen molar-refractivity contribution in [2.24, 2.45) is 5.41 Å². The fourth-order valence-electron chi connectivity index (χ4n) is 2.45. The molecule has 1 aromatic carbocycles. The Hall–Kier alpha value is -1.71. The monoisotopic (exact) mass is 250 g/mol. The minimum absolute atomic E-state index is 0.0517. The van der Waals surface area contributed by atoms with E-state index in [0.717, 1.165) is 12.8 Å². The van der Waals surface area contributed by atoms with Gasteiger partial charge in [-0.05, 0) is 38.3 Å². The molecule has 2 rings (SSSR count). The third-order valence-corrected chi connectivity index (χ3v) is 3.75. The van der Waals surface area contributed by atoms with Crippen molar-refractivity contribution in [1.29, 1.82) is 0 Å². The first-order chi connectivity index (χ1) is 8.54. The topological polar surface area (TPSA) is 66.8 Å². The second-order valence-corrected chi connectivity index (χ2v) is 5.04. The van der Waals surface area contributed by atoms with E-state index in [4.69, 9.17) is 4.74 Å². The van der Waals surface area contributed by atoms with E-state index in [1.807, 2.05) is 0 Å². The second kappa shape index (κ2) is 4.88. The quantitative estimate of drug-likeness (QED) is 0.865. The number of carbonyl (C=O) groups is 1. The molecule has 2 unspecified atom stereocenters. The molecule has 1 aromatic rings. The van der Waals surface area contributed by atoms with Gasteiger partial charge < -0.3 is 14.9 Å². The Balaban J connectivity index is 2.21. The smallest absolute Gasteiger partial charge is 0.313 e. The average Bonchev–Trinajstić information content (AvgIpc) is 2.34. The minimum Gasteiger partial charge on any atom is -0.504 e. The predicted molar refractivity (Wildman–Crippen MR) is 66.7 cm³/mol. The summed E-state index contributed by atoms with van der Waals surface area (Å²) in [6.45, 7) is 1.72. The molecule has 0 spiro atoms. The first-order valence-electron chi connectivity index (χ1n) is 6.22. The highest BCUT2D eigenvalue weighted by Crippen LogP contribution is 2.40. The fraction of sp³-hybridized carbons (Fsp3) is 0.500. The van der Waals surface area contributed by atoms with Gasteiger partial charge in [-0.1, -0.05) is 18.6 Å². The van der Waals surface area contributed by atoms with Crippen molar-refractivity contribution in [2.45, 2.75) is 38.7 Å². The summed E-state index contributed by atoms with van der Waals surface area (Å²) in [5.41, 5.74) is -0.874. The summed E-state index contributed by atoms with van der Waals surface area (Å²) in [4.78, 5) is 11.4. The molecular weight excluding hydrogens is 232 g/mol. The average molecular weight is 250 g/mol. The van der Waals surface area contributed by atoms with Gasteiger partial charge in [0.25, 0.3) is 0 Å². The summed E-state index contributed by atoms with van der Waals surface area (Å²) < 4.78 is 5.73. The maximum Gasteiger partial charge on any atom is 0.313 e. The molecule has 4 nitrogen and oxygen atoms in total. The first-order valence-corrected chi connectivity index (χ1v) is 6.22. The van der Waals surface area contributed by atoms with Crippen molar-refractivity contribution < 1.29 is 19.7 Å². The molecule has 4 heteroatoms. The number of aliphatic carboxylic acids is 1. The van der Waals surface area contributed by atoms with E-state index in [9.17, 15) is 15.0 Å². The zero-order valence-electron chi connectivity index (χ0n) is 10.4. The maximum atomic E-state index is 11.4. The molecule has 0 radical (unpaired) electrons. The Morgan fingerprint density at radius 2 is 2.11 bits per heavy atom. The van der Waals surface area contributed by atoms with Crippen LogP contribution in [0.4, 0.5) is 0 Å². The van der Waals surface area contributed by atoms with E-state index in [-0.39, 0.29) is 5.75 Å². The molecule has 98 valence electrons. The normalized spacial score (nSPS) is 27.7. The van der Waals surface area contributed by atoms with Crippen LogP contribution in [0.1, 0.15) is 32.6 Å². The van der Waals surface area contributed by atoms with Crippen LogP contribution >= 0.6 is 0 Å². The summed E-state index contributed by atoms with van der Waals surface area (Å²) in [5.74, 6) is -0.421. The lowest BCUT2D eigenvalue weighted by molar-refractivity contribution is -0.156. The van der Waals surface area contributed by atoms with Gasteiger partial charge in [-0.15, -0.1) is 0 Å². The van der Waals surface area contributed by atoms with E-state index in [0.29, 0.717) is 18.6 Å². The number of carboxylic acids is 1. The molecule has 0 bridgehead atoms. The van der Waals surface area contributed by atoms with Gasteiger partial charge in [0.2, 0.25) is 0 Å². The molecule has 2 N–H and O–H groups in total. The van der Waals surface area contributed by atoms with Crippen molar-refractivity contribution in [3.05, 3.63) is 24.3 Å². The van der Waals surface area contributed by atoms with Crippen LogP contribution in [-0.2, 0) is 4.79 Å². The van der Waals surface area contributed by atoms with E-state index in [2.05, 4.69) is 0 Å². The molecule has 1 aliphatic rings. The van der Waals surface area contributed by atoms with Crippen LogP contribution in [0.25, 0.3) is 0 Å². The molecule has 1 saturated carbocycles. The van der Waals surface area contributed by atoms with Crippen molar-refractivity contribution in [1.82, 2.24) is 0 Å². The molecule has 2 atom stereocenters. The van der Waals surface area contributed by atoms with Gasteiger partial charge in [0.1, 0.15) is 11.5 Å². The lowest BCUT2D eigenvalue weighted by Gasteiger charge is -2.37. The Morgan fingerprint density at radius 1 is 1.39 bits per heavy atom. The summed E-state index contributed by atoms with van der Waals surface area (Å²) in [6, 6.07) is 6.66. The number of benzene rings is 1. The number of para-hydroxylation sites is 2. The first kappa shape index (κ1) is 12.7. The highest BCUT2D eigenvalue weighted by Gasteiger charge is 2.45. The second-order valence-electron chi connectivity index (χ2n) is 5.04. The number of hydrogen-bond acceptors (Lipinski definition) is 3. The van der Waals surface area contributed by atoms with Crippen molar-refractivity contribution in [2.75, 3.05) is 0 Å². The lowest BCUT2D eigenvalue weighted by atomic mass is 9.73. The van der Waals surface area contributed by atoms with Crippen LogP contribution in [0.3, 0.4) is 0 Å². The SMILES string of the molecule is CC1(C(=O)O)CCCCC1Oc1ccccc1O. The van der Waals surface area contributed by atoms with Gasteiger partial charge in [0, 0.05) is 0 Å². The summed E-state index contributed by atoms with van der Waals surface area (Å²) in [6.07, 6.45) is 2.79. The van der Waals surface area contributed by atoms with Gasteiger partial charge in [-0.3, -0.25) is 4.79 Å². The number of phenols is 1. The third-order valence-electron chi connectivity index (χ3n) is 3.75. The molecule has 18 heavy (non-hydrogen) atoms. The standard InChI is InChI=1S/C14H18O4/c1-14(13(16)17)9-5-4-8-12(14)18-11-7-3-2-6-10(11)15/h2-3,6-7,12,15H,4-5,8-9H2,1H3,(H,16,17). The van der Waals surface area contributed by atoms with Crippen LogP contribution in [0.2, 0.25) is 0 Å². The van der Waals surface area contributed by atoms with E-state index >= 15 is 0 Å².